The van der Waals surface area contributed by atoms with E-state index in [1.54, 1.807) is 0 Å². The molecule has 1 aliphatic carbocycles. The van der Waals surface area contributed by atoms with Crippen LogP contribution in [0, 0.1) is 0 Å². The number of urea groups is 1. The average Bonchev–Trinajstić information content (AvgIpc) is 3.09. The van der Waals surface area contributed by atoms with Crippen molar-refractivity contribution in [1.82, 2.24) is 10.3 Å². The molecule has 0 bridgehead atoms. The van der Waals surface area contributed by atoms with E-state index in [2.05, 4.69) is 15.6 Å². The number of nitrogens with zero attached hydrogens (tertiary/aromatic N) is 1. The zero-order chi connectivity index (χ0) is 15.0. The summed E-state index contributed by atoms with van der Waals surface area (Å²) in [6.07, 6.45) is -3.06. The van der Waals surface area contributed by atoms with Crippen molar-refractivity contribution in [2.24, 2.45) is 0 Å². The van der Waals surface area contributed by atoms with E-state index in [1.165, 1.54) is 0 Å². The number of pyridine rings is 1. The van der Waals surface area contributed by atoms with Crippen LogP contribution in [-0.4, -0.2) is 27.6 Å². The van der Waals surface area contributed by atoms with Gasteiger partial charge in [0.15, 0.2) is 0 Å². The Balaban J connectivity index is 1.97. The van der Waals surface area contributed by atoms with Crippen LogP contribution in [0.3, 0.4) is 0 Å². The summed E-state index contributed by atoms with van der Waals surface area (Å²) in [4.78, 5) is 25.5. The third-order valence-electron chi connectivity index (χ3n) is 2.82. The lowest BCUT2D eigenvalue weighted by molar-refractivity contribution is -0.141. The van der Waals surface area contributed by atoms with Gasteiger partial charge in [0.05, 0.1) is 11.9 Å². The van der Waals surface area contributed by atoms with Gasteiger partial charge >= 0.3 is 18.2 Å². The van der Waals surface area contributed by atoms with Gasteiger partial charge in [0.1, 0.15) is 11.2 Å². The summed E-state index contributed by atoms with van der Waals surface area (Å²) in [7, 11) is 0. The third-order valence-corrected chi connectivity index (χ3v) is 2.82. The van der Waals surface area contributed by atoms with E-state index in [0.29, 0.717) is 12.8 Å². The van der Waals surface area contributed by atoms with Gasteiger partial charge in [-0.2, -0.15) is 13.2 Å². The van der Waals surface area contributed by atoms with Crippen molar-refractivity contribution in [3.63, 3.8) is 0 Å². The first kappa shape index (κ1) is 14.1. The number of carboxylic acid groups (broad SMARTS) is 1. The number of halogens is 3. The SMILES string of the molecule is O=C(Nc1ccc(C(F)(F)F)nc1)NC1(C(=O)O)CC1. The summed E-state index contributed by atoms with van der Waals surface area (Å²) < 4.78 is 36.8. The Hall–Kier alpha value is -2.32. The number of nitrogens with one attached hydrogen (secondary N) is 2. The summed E-state index contributed by atoms with van der Waals surface area (Å²) >= 11 is 0. The molecular weight excluding hydrogens is 279 g/mol. The molecule has 0 unspecified atom stereocenters. The van der Waals surface area contributed by atoms with Gasteiger partial charge < -0.3 is 15.7 Å². The van der Waals surface area contributed by atoms with Crippen LogP contribution >= 0.6 is 0 Å². The van der Waals surface area contributed by atoms with Gasteiger partial charge in [-0.25, -0.2) is 14.6 Å². The number of hydrogen-bond donors (Lipinski definition) is 3. The normalized spacial score (nSPS) is 16.4. The Kier molecular flexibility index (Phi) is 3.28. The lowest BCUT2D eigenvalue weighted by Gasteiger charge is -2.13. The molecule has 1 aromatic heterocycles. The highest BCUT2D eigenvalue weighted by atomic mass is 19.4. The van der Waals surface area contributed by atoms with E-state index < -0.39 is 29.4 Å². The molecule has 1 saturated carbocycles. The second-order valence-electron chi connectivity index (χ2n) is 4.40. The largest absolute Gasteiger partial charge is 0.480 e. The molecule has 2 rings (SSSR count). The molecule has 1 heterocycles. The van der Waals surface area contributed by atoms with Crippen LogP contribution in [0.2, 0.25) is 0 Å². The Labute approximate surface area is 111 Å². The topological polar surface area (TPSA) is 91.3 Å². The van der Waals surface area contributed by atoms with E-state index >= 15 is 0 Å². The minimum atomic E-state index is -4.55. The fourth-order valence-corrected chi connectivity index (χ4v) is 1.53. The number of rotatable bonds is 3. The molecule has 20 heavy (non-hydrogen) atoms. The molecule has 0 saturated heterocycles. The first-order valence-corrected chi connectivity index (χ1v) is 5.59. The predicted molar refractivity (Wildman–Crippen MR) is 61.0 cm³/mol. The van der Waals surface area contributed by atoms with Gasteiger partial charge in [0.2, 0.25) is 0 Å². The van der Waals surface area contributed by atoms with E-state index in [0.717, 1.165) is 18.3 Å². The maximum atomic E-state index is 12.3. The first-order valence-electron chi connectivity index (χ1n) is 5.59. The zero-order valence-electron chi connectivity index (χ0n) is 9.99. The number of aliphatic carboxylic acids is 1. The molecule has 9 heteroatoms. The minimum absolute atomic E-state index is 0.0386. The van der Waals surface area contributed by atoms with E-state index in [9.17, 15) is 22.8 Å². The molecule has 0 aliphatic heterocycles. The second-order valence-corrected chi connectivity index (χ2v) is 4.40. The van der Waals surface area contributed by atoms with Gasteiger partial charge in [0.25, 0.3) is 0 Å². The number of alkyl halides is 3. The second kappa shape index (κ2) is 4.66. The number of carbonyl (C=O) groups excluding carboxylic acids is 1. The number of aromatic nitrogens is 1. The molecule has 6 nitrogen and oxygen atoms in total. The van der Waals surface area contributed by atoms with Crippen LogP contribution in [0.5, 0.6) is 0 Å². The molecule has 3 N–H and O–H groups in total. The van der Waals surface area contributed by atoms with Crippen LogP contribution in [0.1, 0.15) is 18.5 Å². The zero-order valence-corrected chi connectivity index (χ0v) is 9.99. The van der Waals surface area contributed by atoms with Crippen molar-refractivity contribution >= 4 is 17.7 Å². The molecule has 2 amide bonds. The number of anilines is 1. The summed E-state index contributed by atoms with van der Waals surface area (Å²) in [5, 5.41) is 13.4. The lowest BCUT2D eigenvalue weighted by Crippen LogP contribution is -2.45. The van der Waals surface area contributed by atoms with Crippen molar-refractivity contribution in [3.05, 3.63) is 24.0 Å². The standard InChI is InChI=1S/C11H10F3N3O3/c12-11(13,14)7-2-1-6(5-15-7)16-9(20)17-10(3-4-10)8(18)19/h1-2,5H,3-4H2,(H,18,19)(H2,16,17,20). The highest BCUT2D eigenvalue weighted by Gasteiger charge is 2.51. The van der Waals surface area contributed by atoms with Crippen LogP contribution in [-0.2, 0) is 11.0 Å². The van der Waals surface area contributed by atoms with Crippen molar-refractivity contribution in [2.75, 3.05) is 5.32 Å². The minimum Gasteiger partial charge on any atom is -0.480 e. The molecule has 0 spiro atoms. The molecular formula is C11H10F3N3O3. The van der Waals surface area contributed by atoms with Gasteiger partial charge in [-0.3, -0.25) is 0 Å². The van der Waals surface area contributed by atoms with E-state index in [4.69, 9.17) is 5.11 Å². The van der Waals surface area contributed by atoms with Crippen LogP contribution in [0.15, 0.2) is 18.3 Å². The molecule has 0 aromatic carbocycles. The predicted octanol–water partition coefficient (Wildman–Crippen LogP) is 1.84. The molecule has 108 valence electrons. The average molecular weight is 289 g/mol. The van der Waals surface area contributed by atoms with Crippen LogP contribution < -0.4 is 10.6 Å². The molecule has 0 radical (unpaired) electrons. The van der Waals surface area contributed by atoms with Crippen molar-refractivity contribution in [1.29, 1.82) is 0 Å². The summed E-state index contributed by atoms with van der Waals surface area (Å²) in [5.41, 5.74) is -2.30. The fourth-order valence-electron chi connectivity index (χ4n) is 1.53. The highest BCUT2D eigenvalue weighted by Crippen LogP contribution is 2.35. The van der Waals surface area contributed by atoms with Crippen molar-refractivity contribution < 1.29 is 27.9 Å². The number of carbonyl (C=O) groups is 2. The van der Waals surface area contributed by atoms with Gasteiger partial charge in [-0.1, -0.05) is 0 Å². The third kappa shape index (κ3) is 2.98. The van der Waals surface area contributed by atoms with E-state index in [1.807, 2.05) is 0 Å². The molecule has 1 fully saturated rings. The van der Waals surface area contributed by atoms with Gasteiger partial charge in [-0.15, -0.1) is 0 Å². The van der Waals surface area contributed by atoms with Gasteiger partial charge in [0, 0.05) is 0 Å². The quantitative estimate of drug-likeness (QED) is 0.791. The summed E-state index contributed by atoms with van der Waals surface area (Å²) in [5.74, 6) is -1.14. The Morgan fingerprint density at radius 1 is 1.30 bits per heavy atom. The Bertz CT molecular complexity index is 538. The fraction of sp³-hybridized carbons (Fsp3) is 0.364. The Morgan fingerprint density at radius 3 is 2.35 bits per heavy atom. The Morgan fingerprint density at radius 2 is 1.95 bits per heavy atom. The maximum Gasteiger partial charge on any atom is 0.433 e. The van der Waals surface area contributed by atoms with Crippen LogP contribution in [0.4, 0.5) is 23.7 Å². The highest BCUT2D eigenvalue weighted by molar-refractivity contribution is 5.95. The monoisotopic (exact) mass is 289 g/mol. The number of hydrogen-bond acceptors (Lipinski definition) is 3. The smallest absolute Gasteiger partial charge is 0.433 e. The molecule has 1 aromatic rings. The molecule has 0 atom stereocenters. The van der Waals surface area contributed by atoms with E-state index in [-0.39, 0.29) is 5.69 Å². The first-order chi connectivity index (χ1) is 9.23. The van der Waals surface area contributed by atoms with Crippen molar-refractivity contribution in [2.45, 2.75) is 24.6 Å². The summed E-state index contributed by atoms with van der Waals surface area (Å²) in [6.45, 7) is 0. The lowest BCUT2D eigenvalue weighted by atomic mass is 10.3. The molecule has 1 aliphatic rings. The number of amides is 2. The van der Waals surface area contributed by atoms with Crippen LogP contribution in [0.25, 0.3) is 0 Å². The maximum absolute atomic E-state index is 12.3. The summed E-state index contributed by atoms with van der Waals surface area (Å²) in [6, 6.07) is 0.960. The van der Waals surface area contributed by atoms with Gasteiger partial charge in [-0.05, 0) is 25.0 Å². The van der Waals surface area contributed by atoms with Crippen molar-refractivity contribution in [3.8, 4) is 0 Å². The number of carboxylic acids is 1.